The third-order valence-corrected chi connectivity index (χ3v) is 5.94. The van der Waals surface area contributed by atoms with Gasteiger partial charge < -0.3 is 0 Å². The molecule has 2 amide bonds. The lowest BCUT2D eigenvalue weighted by Gasteiger charge is -2.33. The predicted octanol–water partition coefficient (Wildman–Crippen LogP) is 2.23. The minimum atomic E-state index is -0.896. The number of imide groups is 1. The molecule has 1 aromatic carbocycles. The molecule has 4 rings (SSSR count). The van der Waals surface area contributed by atoms with Crippen molar-refractivity contribution in [3.05, 3.63) is 46.0 Å². The molecule has 156 valence electrons. The number of allylic oxidation sites excluding steroid dienone is 1. The van der Waals surface area contributed by atoms with Gasteiger partial charge in [-0.15, -0.1) is 0 Å². The number of Topliss-reactive ketones (excluding diaryl/α,β-unsaturated/α-hetero) is 1. The lowest BCUT2D eigenvalue weighted by molar-refractivity contribution is -0.384. The monoisotopic (exact) mass is 410 g/mol. The highest BCUT2D eigenvalue weighted by molar-refractivity contribution is 6.24. The number of aryl methyl sites for hydroxylation is 1. The van der Waals surface area contributed by atoms with E-state index in [2.05, 4.69) is 5.10 Å². The van der Waals surface area contributed by atoms with Gasteiger partial charge in [-0.1, -0.05) is 32.9 Å². The van der Waals surface area contributed by atoms with E-state index < -0.39 is 46.1 Å². The number of carbonyl (C=O) groups is 3. The lowest BCUT2D eigenvalue weighted by Crippen LogP contribution is -2.49. The quantitative estimate of drug-likeness (QED) is 0.429. The molecule has 3 aliphatic rings. The SMILES string of the molecule is Cc1ccc([N+](=O)[O-])cc1N1C(=O)[C@@H]2[C@H](C1=O)[C@@H]1C=CC=NN1[C@@H]2C(=O)C(C)(C)C. The van der Waals surface area contributed by atoms with E-state index in [4.69, 9.17) is 0 Å². The summed E-state index contributed by atoms with van der Waals surface area (Å²) in [7, 11) is 0. The fourth-order valence-electron chi connectivity index (χ4n) is 4.47. The van der Waals surface area contributed by atoms with E-state index in [9.17, 15) is 24.5 Å². The van der Waals surface area contributed by atoms with Crippen molar-refractivity contribution in [2.75, 3.05) is 4.90 Å². The van der Waals surface area contributed by atoms with Crippen LogP contribution in [0.3, 0.4) is 0 Å². The molecule has 0 aromatic heterocycles. The summed E-state index contributed by atoms with van der Waals surface area (Å²) in [6.07, 6.45) is 5.01. The summed E-state index contributed by atoms with van der Waals surface area (Å²) in [5.41, 5.74) is -0.196. The normalized spacial score (nSPS) is 27.5. The van der Waals surface area contributed by atoms with Crippen LogP contribution in [-0.4, -0.2) is 45.8 Å². The minimum Gasteiger partial charge on any atom is -0.297 e. The molecule has 0 aliphatic carbocycles. The van der Waals surface area contributed by atoms with Gasteiger partial charge in [-0.3, -0.25) is 29.5 Å². The van der Waals surface area contributed by atoms with E-state index >= 15 is 0 Å². The molecule has 2 saturated heterocycles. The summed E-state index contributed by atoms with van der Waals surface area (Å²) in [5, 5.41) is 17.1. The van der Waals surface area contributed by atoms with Crippen molar-refractivity contribution in [1.29, 1.82) is 0 Å². The number of rotatable bonds is 3. The Hall–Kier alpha value is -3.36. The first-order chi connectivity index (χ1) is 14.0. The van der Waals surface area contributed by atoms with Crippen molar-refractivity contribution in [3.8, 4) is 0 Å². The molecular weight excluding hydrogens is 388 g/mol. The number of ketones is 1. The van der Waals surface area contributed by atoms with Crippen LogP contribution >= 0.6 is 0 Å². The Morgan fingerprint density at radius 1 is 1.17 bits per heavy atom. The van der Waals surface area contributed by atoms with Gasteiger partial charge in [-0.2, -0.15) is 5.10 Å². The maximum Gasteiger partial charge on any atom is 0.271 e. The van der Waals surface area contributed by atoms with Crippen molar-refractivity contribution < 1.29 is 19.3 Å². The zero-order valence-corrected chi connectivity index (χ0v) is 17.1. The Bertz CT molecular complexity index is 1040. The molecule has 9 heteroatoms. The second-order valence-corrected chi connectivity index (χ2v) is 8.87. The molecule has 0 radical (unpaired) electrons. The van der Waals surface area contributed by atoms with E-state index in [1.54, 1.807) is 44.9 Å². The van der Waals surface area contributed by atoms with Crippen molar-refractivity contribution >= 4 is 35.2 Å². The molecule has 3 heterocycles. The zero-order chi connectivity index (χ0) is 22.0. The van der Waals surface area contributed by atoms with E-state index in [1.165, 1.54) is 24.4 Å². The summed E-state index contributed by atoms with van der Waals surface area (Å²) < 4.78 is 0. The van der Waals surface area contributed by atoms with E-state index in [-0.39, 0.29) is 17.2 Å². The topological polar surface area (TPSA) is 113 Å². The summed E-state index contributed by atoms with van der Waals surface area (Å²) >= 11 is 0. The highest BCUT2D eigenvalue weighted by Gasteiger charge is 2.65. The molecule has 0 spiro atoms. The van der Waals surface area contributed by atoms with Gasteiger partial charge in [0.2, 0.25) is 11.8 Å². The number of carbonyl (C=O) groups excluding carboxylic acids is 3. The van der Waals surface area contributed by atoms with Gasteiger partial charge in [0.25, 0.3) is 5.69 Å². The molecule has 0 unspecified atom stereocenters. The number of anilines is 1. The van der Waals surface area contributed by atoms with Gasteiger partial charge in [0.05, 0.1) is 28.5 Å². The van der Waals surface area contributed by atoms with Crippen molar-refractivity contribution in [2.24, 2.45) is 22.4 Å². The molecule has 0 bridgehead atoms. The molecule has 1 aromatic rings. The number of hydrazone groups is 1. The van der Waals surface area contributed by atoms with Gasteiger partial charge in [-0.05, 0) is 18.6 Å². The molecule has 0 saturated carbocycles. The Morgan fingerprint density at radius 3 is 2.47 bits per heavy atom. The largest absolute Gasteiger partial charge is 0.297 e. The number of hydrogen-bond donors (Lipinski definition) is 0. The Morgan fingerprint density at radius 2 is 1.83 bits per heavy atom. The molecule has 3 aliphatic heterocycles. The van der Waals surface area contributed by atoms with Gasteiger partial charge in [-0.25, -0.2) is 4.90 Å². The summed E-state index contributed by atoms with van der Waals surface area (Å²) in [4.78, 5) is 51.8. The highest BCUT2D eigenvalue weighted by Crippen LogP contribution is 2.47. The number of nitro benzene ring substituents is 1. The number of nitro groups is 1. The van der Waals surface area contributed by atoms with Crippen molar-refractivity contribution in [3.63, 3.8) is 0 Å². The second kappa shape index (κ2) is 6.58. The minimum absolute atomic E-state index is 0.175. The van der Waals surface area contributed by atoms with Crippen LogP contribution in [0.15, 0.2) is 35.5 Å². The Balaban J connectivity index is 1.82. The first-order valence-electron chi connectivity index (χ1n) is 9.70. The fraction of sp³-hybridized carbons (Fsp3) is 0.429. The first kappa shape index (κ1) is 19.9. The van der Waals surface area contributed by atoms with Crippen LogP contribution in [0.25, 0.3) is 0 Å². The second-order valence-electron chi connectivity index (χ2n) is 8.87. The number of fused-ring (bicyclic) bond motifs is 3. The third kappa shape index (κ3) is 2.76. The van der Waals surface area contributed by atoms with Crippen LogP contribution in [0.4, 0.5) is 11.4 Å². The van der Waals surface area contributed by atoms with E-state index in [0.717, 1.165) is 4.90 Å². The van der Waals surface area contributed by atoms with Gasteiger partial charge in [0.15, 0.2) is 5.78 Å². The van der Waals surface area contributed by atoms with Crippen molar-refractivity contribution in [1.82, 2.24) is 5.01 Å². The molecule has 30 heavy (non-hydrogen) atoms. The average molecular weight is 410 g/mol. The van der Waals surface area contributed by atoms with E-state index in [0.29, 0.717) is 5.56 Å². The number of hydrogen-bond acceptors (Lipinski definition) is 7. The smallest absolute Gasteiger partial charge is 0.271 e. The Kier molecular flexibility index (Phi) is 4.37. The standard InChI is InChI=1S/C21H22N4O5/c1-11-7-8-12(25(29)30)10-14(11)23-19(27)15-13-6-5-9-22-24(13)17(16(15)20(23)28)18(26)21(2,3)4/h5-10,13,15-17H,1-4H3/t13-,15+,16+,17-/m0/s1. The van der Waals surface area contributed by atoms with Gasteiger partial charge in [0, 0.05) is 23.8 Å². The maximum absolute atomic E-state index is 13.5. The van der Waals surface area contributed by atoms with E-state index in [1.807, 2.05) is 0 Å². The first-order valence-corrected chi connectivity index (χ1v) is 9.70. The Labute approximate surface area is 173 Å². The van der Waals surface area contributed by atoms with Crippen LogP contribution in [0.5, 0.6) is 0 Å². The zero-order valence-electron chi connectivity index (χ0n) is 17.1. The number of nitrogens with zero attached hydrogens (tertiary/aromatic N) is 4. The molecular formula is C21H22N4O5. The maximum atomic E-state index is 13.5. The lowest BCUT2D eigenvalue weighted by atomic mass is 9.80. The van der Waals surface area contributed by atoms with Crippen LogP contribution < -0.4 is 4.90 Å². The van der Waals surface area contributed by atoms with Crippen molar-refractivity contribution in [2.45, 2.75) is 39.8 Å². The number of benzene rings is 1. The molecule has 0 N–H and O–H groups in total. The predicted molar refractivity (Wildman–Crippen MR) is 109 cm³/mol. The summed E-state index contributed by atoms with van der Waals surface area (Å²) in [6.45, 7) is 6.99. The molecule has 4 atom stereocenters. The number of non-ortho nitro benzene ring substituents is 1. The fourth-order valence-corrected chi connectivity index (χ4v) is 4.47. The third-order valence-electron chi connectivity index (χ3n) is 5.94. The van der Waals surface area contributed by atoms with Gasteiger partial charge >= 0.3 is 0 Å². The number of amides is 2. The highest BCUT2D eigenvalue weighted by atomic mass is 16.6. The van der Waals surface area contributed by atoms with Gasteiger partial charge in [0.1, 0.15) is 6.04 Å². The van der Waals surface area contributed by atoms with Crippen LogP contribution in [0, 0.1) is 34.3 Å². The van der Waals surface area contributed by atoms with Crippen LogP contribution in [0.2, 0.25) is 0 Å². The summed E-state index contributed by atoms with van der Waals surface area (Å²) in [5.74, 6) is -2.83. The summed E-state index contributed by atoms with van der Waals surface area (Å²) in [6, 6.07) is 2.69. The average Bonchev–Trinajstić information content (AvgIpc) is 3.14. The van der Waals surface area contributed by atoms with Crippen LogP contribution in [0.1, 0.15) is 26.3 Å². The van der Waals surface area contributed by atoms with Crippen LogP contribution in [-0.2, 0) is 14.4 Å². The molecule has 2 fully saturated rings. The molecule has 9 nitrogen and oxygen atoms in total.